The van der Waals surface area contributed by atoms with Gasteiger partial charge >= 0.3 is 6.03 Å². The van der Waals surface area contributed by atoms with Gasteiger partial charge in [0.05, 0.1) is 11.3 Å². The van der Waals surface area contributed by atoms with Crippen molar-refractivity contribution in [2.24, 2.45) is 5.92 Å². The van der Waals surface area contributed by atoms with Crippen molar-refractivity contribution in [3.63, 3.8) is 0 Å². The number of amides is 2. The number of halogens is 3. The van der Waals surface area contributed by atoms with Gasteiger partial charge in [-0.3, -0.25) is 0 Å². The van der Waals surface area contributed by atoms with Gasteiger partial charge in [0.1, 0.15) is 17.5 Å². The third kappa shape index (κ3) is 4.10. The Morgan fingerprint density at radius 1 is 1.06 bits per heavy atom. The fourth-order valence-corrected chi connectivity index (χ4v) is 7.18. The van der Waals surface area contributed by atoms with Gasteiger partial charge in [-0.05, 0) is 61.3 Å². The highest BCUT2D eigenvalue weighted by Crippen LogP contribution is 2.50. The van der Waals surface area contributed by atoms with Crippen LogP contribution in [0, 0.1) is 23.4 Å². The van der Waals surface area contributed by atoms with Crippen molar-refractivity contribution >= 4 is 16.1 Å². The third-order valence-corrected chi connectivity index (χ3v) is 9.64. The summed E-state index contributed by atoms with van der Waals surface area (Å²) in [4.78, 5) is 16.8. The van der Waals surface area contributed by atoms with Crippen LogP contribution in [0.2, 0.25) is 0 Å². The quantitative estimate of drug-likeness (QED) is 0.652. The highest BCUT2D eigenvalue weighted by atomic mass is 32.2. The summed E-state index contributed by atoms with van der Waals surface area (Å²) in [5.41, 5.74) is 0.408. The molecule has 0 bridgehead atoms. The van der Waals surface area contributed by atoms with E-state index in [1.807, 2.05) is 0 Å². The zero-order chi connectivity index (χ0) is 24.5. The lowest BCUT2D eigenvalue weighted by molar-refractivity contribution is 0.111. The minimum atomic E-state index is -3.51. The van der Waals surface area contributed by atoms with Gasteiger partial charge in [0.15, 0.2) is 0 Å². The Morgan fingerprint density at radius 3 is 2.40 bits per heavy atom. The number of likely N-dealkylation sites (tertiary alicyclic amines) is 2. The first-order valence-corrected chi connectivity index (χ1v) is 13.6. The summed E-state index contributed by atoms with van der Waals surface area (Å²) in [6.07, 6.45) is 2.99. The molecule has 2 saturated carbocycles. The van der Waals surface area contributed by atoms with Crippen molar-refractivity contribution in [2.45, 2.75) is 55.5 Å². The molecule has 6 rings (SSSR count). The number of rotatable bonds is 6. The molecule has 2 aromatic rings. The lowest BCUT2D eigenvalue weighted by atomic mass is 9.94. The molecule has 2 amide bonds. The first-order chi connectivity index (χ1) is 16.7. The van der Waals surface area contributed by atoms with Crippen LogP contribution in [0.1, 0.15) is 31.2 Å². The van der Waals surface area contributed by atoms with E-state index in [2.05, 4.69) is 4.72 Å². The summed E-state index contributed by atoms with van der Waals surface area (Å²) in [7, 11) is -3.51. The zero-order valence-corrected chi connectivity index (χ0v) is 19.8. The summed E-state index contributed by atoms with van der Waals surface area (Å²) < 4.78 is 71.6. The number of fused-ring (bicyclic) bond motifs is 1. The summed E-state index contributed by atoms with van der Waals surface area (Å²) in [5, 5.41) is -0.400. The monoisotopic (exact) mass is 505 g/mol. The molecule has 2 heterocycles. The molecule has 0 spiro atoms. The van der Waals surface area contributed by atoms with Crippen molar-refractivity contribution in [3.8, 4) is 11.1 Å². The fourth-order valence-electron chi connectivity index (χ4n) is 5.52. The highest BCUT2D eigenvalue weighted by molar-refractivity contribution is 7.90. The third-order valence-electron chi connectivity index (χ3n) is 7.69. The topological polar surface area (TPSA) is 69.7 Å². The molecule has 6 nitrogen and oxygen atoms in total. The lowest BCUT2D eigenvalue weighted by Gasteiger charge is -2.39. The first-order valence-electron chi connectivity index (χ1n) is 12.0. The van der Waals surface area contributed by atoms with Crippen LogP contribution < -0.4 is 4.72 Å². The second-order valence-electron chi connectivity index (χ2n) is 10.1. The summed E-state index contributed by atoms with van der Waals surface area (Å²) in [6.45, 7) is 1.32. The van der Waals surface area contributed by atoms with Gasteiger partial charge in [-0.2, -0.15) is 0 Å². The zero-order valence-electron chi connectivity index (χ0n) is 19.0. The van der Waals surface area contributed by atoms with E-state index < -0.39 is 44.8 Å². The number of benzene rings is 2. The predicted octanol–water partition coefficient (Wildman–Crippen LogP) is 3.66. The second kappa shape index (κ2) is 8.23. The molecule has 10 heteroatoms. The molecule has 35 heavy (non-hydrogen) atoms. The Morgan fingerprint density at radius 2 is 1.77 bits per heavy atom. The number of nitrogens with one attached hydrogen (secondary N) is 1. The van der Waals surface area contributed by atoms with Crippen LogP contribution in [0.25, 0.3) is 11.1 Å². The minimum absolute atomic E-state index is 0.00214. The molecule has 1 N–H and O–H groups in total. The van der Waals surface area contributed by atoms with Crippen LogP contribution in [-0.2, 0) is 16.4 Å². The number of hydrogen-bond donors (Lipinski definition) is 1. The number of hydrogen-bond acceptors (Lipinski definition) is 3. The van der Waals surface area contributed by atoms with Gasteiger partial charge in [-0.15, -0.1) is 0 Å². The van der Waals surface area contributed by atoms with Crippen LogP contribution >= 0.6 is 0 Å². The Hall–Kier alpha value is -2.59. The standard InChI is InChI=1S/C25H26F3N3O3S/c26-16-9-15(10-17(27)12-16)19-4-1-3-14(23(19)28)11-22-24(29-35(33,34)18-5-6-18)20-13-21(20)31(22)25(32)30-7-2-8-30/h1,3-4,9-10,12,18,20-22,24,29H,2,5-8,11,13H2/t20-,21+,22+,24+/m1/s1. The van der Waals surface area contributed by atoms with Crippen molar-refractivity contribution < 1.29 is 26.4 Å². The van der Waals surface area contributed by atoms with E-state index in [0.717, 1.165) is 31.0 Å². The van der Waals surface area contributed by atoms with Gasteiger partial charge in [0, 0.05) is 36.8 Å². The van der Waals surface area contributed by atoms with Gasteiger partial charge in [-0.25, -0.2) is 31.1 Å². The molecule has 4 fully saturated rings. The summed E-state index contributed by atoms with van der Waals surface area (Å²) in [6, 6.07) is 6.27. The van der Waals surface area contributed by atoms with E-state index in [1.54, 1.807) is 21.9 Å². The van der Waals surface area contributed by atoms with Gasteiger partial charge in [-0.1, -0.05) is 18.2 Å². The van der Waals surface area contributed by atoms with E-state index in [1.165, 1.54) is 6.07 Å². The molecule has 4 atom stereocenters. The molecule has 186 valence electrons. The average Bonchev–Trinajstić information content (AvgIpc) is 3.65. The second-order valence-corrected chi connectivity index (χ2v) is 12.1. The number of nitrogens with zero attached hydrogens (tertiary/aromatic N) is 2. The van der Waals surface area contributed by atoms with Crippen LogP contribution in [0.3, 0.4) is 0 Å². The van der Waals surface area contributed by atoms with Crippen LogP contribution in [0.15, 0.2) is 36.4 Å². The Kier molecular flexibility index (Phi) is 5.37. The van der Waals surface area contributed by atoms with Crippen LogP contribution in [0.5, 0.6) is 0 Å². The van der Waals surface area contributed by atoms with Gasteiger partial charge in [0.25, 0.3) is 0 Å². The minimum Gasteiger partial charge on any atom is -0.325 e. The molecule has 2 saturated heterocycles. The summed E-state index contributed by atoms with van der Waals surface area (Å²) in [5.74, 6) is -2.23. The maximum atomic E-state index is 15.7. The average molecular weight is 506 g/mol. The van der Waals surface area contributed by atoms with E-state index in [0.29, 0.717) is 25.9 Å². The maximum Gasteiger partial charge on any atom is 0.320 e. The Labute approximate surface area is 202 Å². The molecular formula is C25H26F3N3O3S. The normalized spacial score (nSPS) is 27.5. The number of urea groups is 1. The van der Waals surface area contributed by atoms with Crippen LogP contribution in [-0.4, -0.2) is 60.7 Å². The largest absolute Gasteiger partial charge is 0.325 e. The molecule has 0 aromatic heterocycles. The van der Waals surface area contributed by atoms with Crippen molar-refractivity contribution in [3.05, 3.63) is 59.4 Å². The summed E-state index contributed by atoms with van der Waals surface area (Å²) >= 11 is 0. The van der Waals surface area contributed by atoms with E-state index >= 15 is 4.39 Å². The maximum absolute atomic E-state index is 15.7. The number of carbonyl (C=O) groups is 1. The Bertz CT molecular complexity index is 1280. The molecular weight excluding hydrogens is 479 g/mol. The molecule has 0 unspecified atom stereocenters. The molecule has 2 aliphatic heterocycles. The van der Waals surface area contributed by atoms with E-state index in [9.17, 15) is 22.0 Å². The fraction of sp³-hybridized carbons (Fsp3) is 0.480. The van der Waals surface area contributed by atoms with Crippen molar-refractivity contribution in [2.75, 3.05) is 13.1 Å². The van der Waals surface area contributed by atoms with Crippen molar-refractivity contribution in [1.82, 2.24) is 14.5 Å². The van der Waals surface area contributed by atoms with E-state index in [-0.39, 0.29) is 41.1 Å². The molecule has 2 aromatic carbocycles. The highest BCUT2D eigenvalue weighted by Gasteiger charge is 2.62. The molecule has 4 aliphatic rings. The van der Waals surface area contributed by atoms with Gasteiger partial charge < -0.3 is 9.80 Å². The SMILES string of the molecule is O=C(N1CCC1)N1[C@H]2C[C@H]2[C@H](NS(=O)(=O)C2CC2)[C@@H]1Cc1cccc(-c2cc(F)cc(F)c2)c1F. The van der Waals surface area contributed by atoms with Crippen molar-refractivity contribution in [1.29, 1.82) is 0 Å². The smallest absolute Gasteiger partial charge is 0.320 e. The van der Waals surface area contributed by atoms with Crippen LogP contribution in [0.4, 0.5) is 18.0 Å². The Balaban J connectivity index is 1.34. The number of piperidine rings is 1. The molecule has 2 aliphatic carbocycles. The molecule has 0 radical (unpaired) electrons. The predicted molar refractivity (Wildman–Crippen MR) is 123 cm³/mol. The lowest BCUT2D eigenvalue weighted by Crippen LogP contribution is -2.56. The van der Waals surface area contributed by atoms with Gasteiger partial charge in [0.2, 0.25) is 10.0 Å². The first kappa shape index (κ1) is 22.8. The number of carbonyl (C=O) groups excluding carboxylic acids is 1. The number of sulfonamides is 1. The van der Waals surface area contributed by atoms with E-state index in [4.69, 9.17) is 0 Å².